The average molecular weight is 379 g/mol. The number of nitrogens with zero attached hydrogens (tertiary/aromatic N) is 3. The molecule has 1 heterocycles. The Labute approximate surface area is 162 Å². The summed E-state index contributed by atoms with van der Waals surface area (Å²) in [5.41, 5.74) is 1.74. The molecule has 2 N–H and O–H groups in total. The monoisotopic (exact) mass is 379 g/mol. The summed E-state index contributed by atoms with van der Waals surface area (Å²) in [6, 6.07) is 14.9. The zero-order valence-corrected chi connectivity index (χ0v) is 15.6. The minimum atomic E-state index is -0.840. The van der Waals surface area contributed by atoms with Gasteiger partial charge in [0.1, 0.15) is 17.5 Å². The summed E-state index contributed by atoms with van der Waals surface area (Å²) in [6.07, 6.45) is 1.58. The number of rotatable bonds is 7. The first-order chi connectivity index (χ1) is 13.6. The van der Waals surface area contributed by atoms with E-state index in [1.807, 2.05) is 18.2 Å². The molecule has 3 aromatic rings. The number of ether oxygens (including phenoxy) is 1. The van der Waals surface area contributed by atoms with E-state index in [1.165, 1.54) is 4.80 Å². The molecule has 2 amide bonds. The molecule has 0 bridgehead atoms. The zero-order chi connectivity index (χ0) is 19.9. The van der Waals surface area contributed by atoms with Crippen LogP contribution in [-0.4, -0.2) is 33.9 Å². The lowest BCUT2D eigenvalue weighted by Gasteiger charge is -2.19. The number of methoxy groups -OCH3 is 1. The van der Waals surface area contributed by atoms with Crippen molar-refractivity contribution < 1.29 is 14.3 Å². The summed E-state index contributed by atoms with van der Waals surface area (Å²) in [5.74, 6) is -0.0391. The minimum absolute atomic E-state index is 0.217. The first-order valence-corrected chi connectivity index (χ1v) is 8.69. The van der Waals surface area contributed by atoms with Gasteiger partial charge in [0.05, 0.1) is 19.9 Å². The summed E-state index contributed by atoms with van der Waals surface area (Å²) in [6.45, 7) is 0.217. The van der Waals surface area contributed by atoms with Crippen LogP contribution in [-0.2, 0) is 18.4 Å². The van der Waals surface area contributed by atoms with Crippen LogP contribution >= 0.6 is 0 Å². The predicted molar refractivity (Wildman–Crippen MR) is 102 cm³/mol. The zero-order valence-electron chi connectivity index (χ0n) is 15.6. The highest BCUT2D eigenvalue weighted by Gasteiger charge is 2.23. The number of benzene rings is 2. The smallest absolute Gasteiger partial charge is 0.252 e. The molecular formula is C20H21N5O3. The van der Waals surface area contributed by atoms with Crippen molar-refractivity contribution in [3.05, 3.63) is 77.6 Å². The third kappa shape index (κ3) is 4.73. The predicted octanol–water partition coefficient (Wildman–Crippen LogP) is 1.61. The highest BCUT2D eigenvalue weighted by molar-refractivity contribution is 5.97. The van der Waals surface area contributed by atoms with E-state index in [1.54, 1.807) is 56.8 Å². The summed E-state index contributed by atoms with van der Waals surface area (Å²) < 4.78 is 5.10. The van der Waals surface area contributed by atoms with Gasteiger partial charge in [0.2, 0.25) is 5.91 Å². The van der Waals surface area contributed by atoms with E-state index < -0.39 is 6.04 Å². The first-order valence-electron chi connectivity index (χ1n) is 8.69. The molecule has 0 aliphatic heterocycles. The van der Waals surface area contributed by atoms with Gasteiger partial charge in [0.15, 0.2) is 0 Å². The number of carbonyl (C=O) groups is 2. The normalized spacial score (nSPS) is 11.5. The Morgan fingerprint density at radius 2 is 1.82 bits per heavy atom. The topological polar surface area (TPSA) is 98.1 Å². The molecule has 1 unspecified atom stereocenters. The molecule has 0 saturated carbocycles. The van der Waals surface area contributed by atoms with Crippen molar-refractivity contribution in [3.8, 4) is 5.75 Å². The molecule has 0 fully saturated rings. The van der Waals surface area contributed by atoms with Crippen molar-refractivity contribution >= 4 is 11.8 Å². The second-order valence-corrected chi connectivity index (χ2v) is 6.09. The fourth-order valence-corrected chi connectivity index (χ4v) is 2.65. The SMILES string of the molecule is COc1ccc(C(=O)NC(C(=O)NCc2cnn(C)n2)c2ccccc2)cc1. The van der Waals surface area contributed by atoms with Crippen LogP contribution in [0.25, 0.3) is 0 Å². The van der Waals surface area contributed by atoms with E-state index in [9.17, 15) is 9.59 Å². The van der Waals surface area contributed by atoms with Crippen LogP contribution in [0.1, 0.15) is 27.7 Å². The third-order valence-electron chi connectivity index (χ3n) is 4.11. The number of aryl methyl sites for hydroxylation is 1. The lowest BCUT2D eigenvalue weighted by atomic mass is 10.1. The summed E-state index contributed by atoms with van der Waals surface area (Å²) in [5, 5.41) is 13.7. The van der Waals surface area contributed by atoms with E-state index in [2.05, 4.69) is 20.8 Å². The van der Waals surface area contributed by atoms with Gasteiger partial charge in [-0.05, 0) is 29.8 Å². The molecule has 0 aliphatic rings. The third-order valence-corrected chi connectivity index (χ3v) is 4.11. The Morgan fingerprint density at radius 3 is 2.43 bits per heavy atom. The Kier molecular flexibility index (Phi) is 6.01. The standard InChI is InChI=1S/C20H21N5O3/c1-25-22-13-16(24-25)12-21-20(27)18(14-6-4-3-5-7-14)23-19(26)15-8-10-17(28-2)11-9-15/h3-11,13,18H,12H2,1-2H3,(H,21,27)(H,23,26). The van der Waals surface area contributed by atoms with Gasteiger partial charge in [-0.1, -0.05) is 30.3 Å². The van der Waals surface area contributed by atoms with Crippen molar-refractivity contribution in [2.45, 2.75) is 12.6 Å². The van der Waals surface area contributed by atoms with Gasteiger partial charge in [-0.3, -0.25) is 9.59 Å². The lowest BCUT2D eigenvalue weighted by Crippen LogP contribution is -2.40. The van der Waals surface area contributed by atoms with Crippen LogP contribution in [0.4, 0.5) is 0 Å². The Balaban J connectivity index is 1.74. The van der Waals surface area contributed by atoms with Crippen molar-refractivity contribution in [2.75, 3.05) is 7.11 Å². The Morgan fingerprint density at radius 1 is 1.11 bits per heavy atom. The van der Waals surface area contributed by atoms with E-state index in [-0.39, 0.29) is 18.4 Å². The minimum Gasteiger partial charge on any atom is -0.497 e. The fourth-order valence-electron chi connectivity index (χ4n) is 2.65. The van der Waals surface area contributed by atoms with Crippen LogP contribution in [0.5, 0.6) is 5.75 Å². The molecule has 0 spiro atoms. The van der Waals surface area contributed by atoms with Crippen LogP contribution in [0.2, 0.25) is 0 Å². The maximum atomic E-state index is 12.8. The fraction of sp³-hybridized carbons (Fsp3) is 0.200. The van der Waals surface area contributed by atoms with Crippen LogP contribution < -0.4 is 15.4 Å². The number of hydrogen-bond acceptors (Lipinski definition) is 5. The molecule has 8 nitrogen and oxygen atoms in total. The van der Waals surface area contributed by atoms with Crippen LogP contribution in [0.15, 0.2) is 60.8 Å². The van der Waals surface area contributed by atoms with Crippen molar-refractivity contribution in [2.24, 2.45) is 7.05 Å². The van der Waals surface area contributed by atoms with Crippen LogP contribution in [0.3, 0.4) is 0 Å². The number of hydrogen-bond donors (Lipinski definition) is 2. The number of carbonyl (C=O) groups excluding carboxylic acids is 2. The number of aromatic nitrogens is 3. The first kappa shape index (κ1) is 19.1. The summed E-state index contributed by atoms with van der Waals surface area (Å²) in [4.78, 5) is 26.9. The molecule has 0 radical (unpaired) electrons. The maximum absolute atomic E-state index is 12.8. The largest absolute Gasteiger partial charge is 0.497 e. The number of nitrogens with one attached hydrogen (secondary N) is 2. The van der Waals surface area contributed by atoms with Gasteiger partial charge in [-0.2, -0.15) is 15.0 Å². The van der Waals surface area contributed by atoms with Crippen LogP contribution in [0, 0.1) is 0 Å². The van der Waals surface area contributed by atoms with Gasteiger partial charge in [-0.25, -0.2) is 0 Å². The van der Waals surface area contributed by atoms with E-state index in [0.29, 0.717) is 22.6 Å². The van der Waals surface area contributed by atoms with Crippen molar-refractivity contribution in [1.29, 1.82) is 0 Å². The molecule has 1 aromatic heterocycles. The summed E-state index contributed by atoms with van der Waals surface area (Å²) >= 11 is 0. The van der Waals surface area contributed by atoms with Gasteiger partial charge in [-0.15, -0.1) is 0 Å². The van der Waals surface area contributed by atoms with Gasteiger partial charge >= 0.3 is 0 Å². The highest BCUT2D eigenvalue weighted by Crippen LogP contribution is 2.16. The molecule has 28 heavy (non-hydrogen) atoms. The Bertz CT molecular complexity index is 938. The average Bonchev–Trinajstić information content (AvgIpc) is 3.16. The highest BCUT2D eigenvalue weighted by atomic mass is 16.5. The lowest BCUT2D eigenvalue weighted by molar-refractivity contribution is -0.123. The summed E-state index contributed by atoms with van der Waals surface area (Å²) in [7, 11) is 3.26. The molecule has 1 atom stereocenters. The second-order valence-electron chi connectivity index (χ2n) is 6.09. The molecule has 3 rings (SSSR count). The maximum Gasteiger partial charge on any atom is 0.252 e. The molecule has 0 saturated heterocycles. The quantitative estimate of drug-likeness (QED) is 0.650. The molecule has 8 heteroatoms. The molecule has 0 aliphatic carbocycles. The van der Waals surface area contributed by atoms with Crippen molar-refractivity contribution in [1.82, 2.24) is 25.6 Å². The van der Waals surface area contributed by atoms with E-state index >= 15 is 0 Å². The Hall–Kier alpha value is -3.68. The van der Waals surface area contributed by atoms with Crippen molar-refractivity contribution in [3.63, 3.8) is 0 Å². The second kappa shape index (κ2) is 8.81. The van der Waals surface area contributed by atoms with Gasteiger partial charge in [0.25, 0.3) is 5.91 Å². The molecular weight excluding hydrogens is 358 g/mol. The van der Waals surface area contributed by atoms with Gasteiger partial charge in [0, 0.05) is 12.6 Å². The molecule has 144 valence electrons. The van der Waals surface area contributed by atoms with E-state index in [0.717, 1.165) is 0 Å². The molecule has 2 aromatic carbocycles. The van der Waals surface area contributed by atoms with E-state index in [4.69, 9.17) is 4.74 Å². The van der Waals surface area contributed by atoms with Gasteiger partial charge < -0.3 is 15.4 Å². The number of amides is 2.